The lowest BCUT2D eigenvalue weighted by atomic mass is 9.88. The summed E-state index contributed by atoms with van der Waals surface area (Å²) in [5.41, 5.74) is 5.11. The second-order valence-corrected chi connectivity index (χ2v) is 7.90. The number of rotatable bonds is 2. The Morgan fingerprint density at radius 1 is 1.13 bits per heavy atom. The van der Waals surface area contributed by atoms with Crippen LogP contribution in [0.1, 0.15) is 35.4 Å². The number of thiophene rings is 1. The number of fused-ring (bicyclic) bond motifs is 3. The number of hydrogen-bond donors (Lipinski definition) is 2. The fourth-order valence-electron chi connectivity index (χ4n) is 3.99. The third-order valence-electron chi connectivity index (χ3n) is 5.12. The molecule has 23 heavy (non-hydrogen) atoms. The van der Waals surface area contributed by atoms with E-state index < -0.39 is 0 Å². The molecule has 2 N–H and O–H groups in total. The number of hydrogen-bond acceptors (Lipinski definition) is 3. The van der Waals surface area contributed by atoms with Crippen LogP contribution in [0.5, 0.6) is 0 Å². The summed E-state index contributed by atoms with van der Waals surface area (Å²) in [5.74, 6) is 0.815. The molecule has 1 aromatic carbocycles. The Balaban J connectivity index is 1.43. The second kappa shape index (κ2) is 5.80. The van der Waals surface area contributed by atoms with Gasteiger partial charge in [0.1, 0.15) is 4.88 Å². The van der Waals surface area contributed by atoms with Crippen LogP contribution >= 0.6 is 22.9 Å². The molecule has 0 radical (unpaired) electrons. The van der Waals surface area contributed by atoms with E-state index in [1.54, 1.807) is 0 Å². The minimum Gasteiger partial charge on any atom is -0.273 e. The fourth-order valence-corrected chi connectivity index (χ4v) is 5.41. The molecule has 3 atom stereocenters. The summed E-state index contributed by atoms with van der Waals surface area (Å²) in [6, 6.07) is 7.61. The molecule has 1 aromatic heterocycles. The van der Waals surface area contributed by atoms with Crippen molar-refractivity contribution >= 4 is 44.8 Å². The van der Waals surface area contributed by atoms with Crippen LogP contribution in [0, 0.1) is 17.8 Å². The van der Waals surface area contributed by atoms with Crippen molar-refractivity contribution in [3.63, 3.8) is 0 Å². The average molecular weight is 349 g/mol. The van der Waals surface area contributed by atoms with E-state index in [0.29, 0.717) is 21.7 Å². The van der Waals surface area contributed by atoms with Crippen LogP contribution in [0.25, 0.3) is 10.1 Å². The number of amides is 2. The first-order chi connectivity index (χ1) is 11.1. The molecule has 1 heterocycles. The standard InChI is InChI=1S/C17H17ClN2O2S/c18-14-11-3-1-2-4-13(11)23-15(14)17(22)20-19-16(21)12-8-9-5-6-10(12)7-9/h1-4,9-10,12H,5-8H2,(H,19,21)(H,20,22)/t9-,10-,12+/m1/s1. The van der Waals surface area contributed by atoms with Gasteiger partial charge in [0, 0.05) is 16.0 Å². The van der Waals surface area contributed by atoms with Crippen molar-refractivity contribution in [1.82, 2.24) is 10.9 Å². The highest BCUT2D eigenvalue weighted by molar-refractivity contribution is 7.21. The van der Waals surface area contributed by atoms with Gasteiger partial charge in [-0.05, 0) is 37.2 Å². The molecule has 2 fully saturated rings. The maximum Gasteiger partial charge on any atom is 0.281 e. The number of halogens is 1. The van der Waals surface area contributed by atoms with Gasteiger partial charge in [-0.2, -0.15) is 0 Å². The first-order valence-corrected chi connectivity index (χ1v) is 9.10. The van der Waals surface area contributed by atoms with E-state index in [-0.39, 0.29) is 17.7 Å². The molecule has 6 heteroatoms. The predicted molar refractivity (Wildman–Crippen MR) is 91.4 cm³/mol. The fraction of sp³-hybridized carbons (Fsp3) is 0.412. The highest BCUT2D eigenvalue weighted by atomic mass is 35.5. The van der Waals surface area contributed by atoms with Crippen molar-refractivity contribution in [2.24, 2.45) is 17.8 Å². The van der Waals surface area contributed by atoms with Crippen LogP contribution in [0.3, 0.4) is 0 Å². The van der Waals surface area contributed by atoms with Gasteiger partial charge in [0.15, 0.2) is 0 Å². The predicted octanol–water partition coefficient (Wildman–Crippen LogP) is 3.75. The van der Waals surface area contributed by atoms with Gasteiger partial charge in [0.05, 0.1) is 5.02 Å². The first kappa shape index (κ1) is 15.0. The van der Waals surface area contributed by atoms with Crippen molar-refractivity contribution in [1.29, 1.82) is 0 Å². The maximum atomic E-state index is 12.3. The highest BCUT2D eigenvalue weighted by Gasteiger charge is 2.43. The Morgan fingerprint density at radius 2 is 1.96 bits per heavy atom. The van der Waals surface area contributed by atoms with E-state index in [9.17, 15) is 9.59 Å². The zero-order chi connectivity index (χ0) is 16.0. The van der Waals surface area contributed by atoms with E-state index in [0.717, 1.165) is 29.3 Å². The lowest BCUT2D eigenvalue weighted by Crippen LogP contribution is -2.45. The number of carbonyl (C=O) groups excluding carboxylic acids is 2. The van der Waals surface area contributed by atoms with E-state index in [1.807, 2.05) is 24.3 Å². The maximum absolute atomic E-state index is 12.3. The number of hydrazine groups is 1. The minimum atomic E-state index is -0.354. The molecule has 120 valence electrons. The summed E-state index contributed by atoms with van der Waals surface area (Å²) >= 11 is 7.62. The third kappa shape index (κ3) is 2.62. The zero-order valence-corrected chi connectivity index (χ0v) is 14.0. The average Bonchev–Trinajstić information content (AvgIpc) is 3.27. The quantitative estimate of drug-likeness (QED) is 0.812. The second-order valence-electron chi connectivity index (χ2n) is 6.47. The summed E-state index contributed by atoms with van der Waals surface area (Å²) in [7, 11) is 0. The van der Waals surface area contributed by atoms with Gasteiger partial charge in [0.25, 0.3) is 5.91 Å². The lowest BCUT2D eigenvalue weighted by Gasteiger charge is -2.20. The summed E-state index contributed by atoms with van der Waals surface area (Å²) in [6.07, 6.45) is 4.50. The van der Waals surface area contributed by atoms with Crippen molar-refractivity contribution in [2.45, 2.75) is 25.7 Å². The molecule has 0 saturated heterocycles. The lowest BCUT2D eigenvalue weighted by molar-refractivity contribution is -0.127. The van der Waals surface area contributed by atoms with Gasteiger partial charge >= 0.3 is 0 Å². The number of benzene rings is 1. The molecule has 0 unspecified atom stereocenters. The SMILES string of the molecule is O=C(NNC(=O)[C@H]1C[C@@H]2CC[C@@H]1C2)c1sc2ccccc2c1Cl. The van der Waals surface area contributed by atoms with Crippen LogP contribution in [-0.4, -0.2) is 11.8 Å². The summed E-state index contributed by atoms with van der Waals surface area (Å²) in [6.45, 7) is 0. The molecule has 2 saturated carbocycles. The Hall–Kier alpha value is -1.59. The van der Waals surface area contributed by atoms with Gasteiger partial charge < -0.3 is 0 Å². The summed E-state index contributed by atoms with van der Waals surface area (Å²) in [4.78, 5) is 25.0. The molecule has 0 spiro atoms. The minimum absolute atomic E-state index is 0.0481. The van der Waals surface area contributed by atoms with Gasteiger partial charge in [0.2, 0.25) is 5.91 Å². The third-order valence-corrected chi connectivity index (χ3v) is 6.79. The summed E-state index contributed by atoms with van der Waals surface area (Å²) < 4.78 is 0.960. The monoisotopic (exact) mass is 348 g/mol. The van der Waals surface area contributed by atoms with Gasteiger partial charge in [-0.15, -0.1) is 11.3 Å². The van der Waals surface area contributed by atoms with E-state index in [1.165, 1.54) is 17.8 Å². The van der Waals surface area contributed by atoms with Gasteiger partial charge in [-0.1, -0.05) is 36.2 Å². The van der Waals surface area contributed by atoms with Crippen molar-refractivity contribution in [3.8, 4) is 0 Å². The number of nitrogens with one attached hydrogen (secondary N) is 2. The number of carbonyl (C=O) groups is 2. The van der Waals surface area contributed by atoms with Crippen molar-refractivity contribution in [3.05, 3.63) is 34.2 Å². The Labute approximate surface area is 143 Å². The Kier molecular flexibility index (Phi) is 3.77. The molecule has 0 aliphatic heterocycles. The van der Waals surface area contributed by atoms with Crippen LogP contribution in [0.4, 0.5) is 0 Å². The molecule has 4 rings (SSSR count). The molecule has 4 nitrogen and oxygen atoms in total. The Morgan fingerprint density at radius 3 is 2.65 bits per heavy atom. The van der Waals surface area contributed by atoms with Gasteiger partial charge in [-0.25, -0.2) is 0 Å². The van der Waals surface area contributed by atoms with Crippen LogP contribution in [0.2, 0.25) is 5.02 Å². The van der Waals surface area contributed by atoms with Crippen LogP contribution in [-0.2, 0) is 4.79 Å². The molecule has 2 aliphatic rings. The molecule has 2 amide bonds. The van der Waals surface area contributed by atoms with Crippen LogP contribution in [0.15, 0.2) is 24.3 Å². The van der Waals surface area contributed by atoms with E-state index in [4.69, 9.17) is 11.6 Å². The zero-order valence-electron chi connectivity index (χ0n) is 12.5. The van der Waals surface area contributed by atoms with Crippen molar-refractivity contribution < 1.29 is 9.59 Å². The van der Waals surface area contributed by atoms with E-state index >= 15 is 0 Å². The highest BCUT2D eigenvalue weighted by Crippen LogP contribution is 2.48. The largest absolute Gasteiger partial charge is 0.281 e. The summed E-state index contributed by atoms with van der Waals surface area (Å²) in [5, 5.41) is 1.31. The molecule has 2 bridgehead atoms. The topological polar surface area (TPSA) is 58.2 Å². The molecular formula is C17H17ClN2O2S. The van der Waals surface area contributed by atoms with E-state index in [2.05, 4.69) is 10.9 Å². The van der Waals surface area contributed by atoms with Crippen molar-refractivity contribution in [2.75, 3.05) is 0 Å². The molecule has 2 aliphatic carbocycles. The normalized spacial score (nSPS) is 25.7. The smallest absolute Gasteiger partial charge is 0.273 e. The first-order valence-electron chi connectivity index (χ1n) is 7.90. The van der Waals surface area contributed by atoms with Crippen LogP contribution < -0.4 is 10.9 Å². The Bertz CT molecular complexity index is 788. The molecular weight excluding hydrogens is 332 g/mol. The molecule has 2 aromatic rings. The van der Waals surface area contributed by atoms with Gasteiger partial charge in [-0.3, -0.25) is 20.4 Å².